The minimum atomic E-state index is -0.0521. The lowest BCUT2D eigenvalue weighted by Crippen LogP contribution is -2.19. The minimum absolute atomic E-state index is 0.0521. The number of rotatable bonds is 4. The molecule has 0 aromatic heterocycles. The van der Waals surface area contributed by atoms with Crippen LogP contribution in [0.4, 0.5) is 0 Å². The van der Waals surface area contributed by atoms with Gasteiger partial charge in [-0.15, -0.1) is 0 Å². The summed E-state index contributed by atoms with van der Waals surface area (Å²) in [6.45, 7) is 0. The van der Waals surface area contributed by atoms with Crippen LogP contribution in [-0.2, 0) is 0 Å². The number of aliphatic hydroxyl groups excluding tert-OH is 1. The highest BCUT2D eigenvalue weighted by molar-refractivity contribution is 5.06. The summed E-state index contributed by atoms with van der Waals surface area (Å²) >= 11 is 0. The largest absolute Gasteiger partial charge is 0.393 e. The lowest BCUT2D eigenvalue weighted by molar-refractivity contribution is 0.123. The monoisotopic (exact) mass is 234 g/mol. The van der Waals surface area contributed by atoms with E-state index in [4.69, 9.17) is 0 Å². The summed E-state index contributed by atoms with van der Waals surface area (Å²) in [5.41, 5.74) is 1.53. The summed E-state index contributed by atoms with van der Waals surface area (Å²) in [6, 6.07) is 0. The first kappa shape index (κ1) is 11.8. The van der Waals surface area contributed by atoms with Crippen molar-refractivity contribution in [3.63, 3.8) is 0 Å². The standard InChI is InChI=1S/C16H26O/c17-16(10-12-4-2-1-3-5-12)11-15-9-13-6-7-14(15)8-13/h4,13-17H,1-3,5-11H2. The molecule has 1 nitrogen and oxygen atoms in total. The third-order valence-electron chi connectivity index (χ3n) is 5.34. The molecule has 0 spiro atoms. The predicted octanol–water partition coefficient (Wildman–Crippen LogP) is 4.06. The number of allylic oxidation sites excluding steroid dienone is 1. The first-order valence-electron chi connectivity index (χ1n) is 7.67. The highest BCUT2D eigenvalue weighted by Gasteiger charge is 2.39. The molecule has 0 heterocycles. The zero-order valence-corrected chi connectivity index (χ0v) is 10.9. The fraction of sp³-hybridized carbons (Fsp3) is 0.875. The van der Waals surface area contributed by atoms with Crippen molar-refractivity contribution in [1.29, 1.82) is 0 Å². The molecule has 0 aromatic carbocycles. The normalized spacial score (nSPS) is 38.2. The van der Waals surface area contributed by atoms with Crippen LogP contribution in [0.3, 0.4) is 0 Å². The topological polar surface area (TPSA) is 20.2 Å². The van der Waals surface area contributed by atoms with Gasteiger partial charge in [-0.2, -0.15) is 0 Å². The lowest BCUT2D eigenvalue weighted by atomic mass is 9.83. The van der Waals surface area contributed by atoms with E-state index < -0.39 is 0 Å². The lowest BCUT2D eigenvalue weighted by Gasteiger charge is -2.25. The quantitative estimate of drug-likeness (QED) is 0.727. The van der Waals surface area contributed by atoms with Crippen LogP contribution in [0.25, 0.3) is 0 Å². The summed E-state index contributed by atoms with van der Waals surface area (Å²) < 4.78 is 0. The van der Waals surface area contributed by atoms with Crippen molar-refractivity contribution >= 4 is 0 Å². The molecule has 96 valence electrons. The maximum atomic E-state index is 10.2. The van der Waals surface area contributed by atoms with Gasteiger partial charge in [-0.05, 0) is 75.5 Å². The molecular weight excluding hydrogens is 208 g/mol. The van der Waals surface area contributed by atoms with Gasteiger partial charge in [0.25, 0.3) is 0 Å². The third kappa shape index (κ3) is 2.76. The number of aliphatic hydroxyl groups is 1. The van der Waals surface area contributed by atoms with Crippen molar-refractivity contribution < 1.29 is 5.11 Å². The average molecular weight is 234 g/mol. The van der Waals surface area contributed by atoms with Gasteiger partial charge in [0, 0.05) is 0 Å². The molecular formula is C16H26O. The van der Waals surface area contributed by atoms with Crippen molar-refractivity contribution in [1.82, 2.24) is 0 Å². The van der Waals surface area contributed by atoms with E-state index in [1.165, 1.54) is 56.9 Å². The van der Waals surface area contributed by atoms with Gasteiger partial charge in [0.2, 0.25) is 0 Å². The van der Waals surface area contributed by atoms with Crippen molar-refractivity contribution in [3.8, 4) is 0 Å². The van der Waals surface area contributed by atoms with Crippen LogP contribution in [-0.4, -0.2) is 11.2 Å². The Morgan fingerprint density at radius 2 is 2.18 bits per heavy atom. The van der Waals surface area contributed by atoms with E-state index in [0.717, 1.165) is 30.6 Å². The fourth-order valence-electron chi connectivity index (χ4n) is 4.49. The Morgan fingerprint density at radius 1 is 1.24 bits per heavy atom. The fourth-order valence-corrected chi connectivity index (χ4v) is 4.49. The molecule has 0 aliphatic heterocycles. The molecule has 1 heteroatoms. The van der Waals surface area contributed by atoms with Crippen LogP contribution in [0.1, 0.15) is 64.2 Å². The van der Waals surface area contributed by atoms with E-state index in [1.807, 2.05) is 0 Å². The van der Waals surface area contributed by atoms with E-state index >= 15 is 0 Å². The molecule has 17 heavy (non-hydrogen) atoms. The molecule has 2 bridgehead atoms. The highest BCUT2D eigenvalue weighted by atomic mass is 16.3. The molecule has 0 saturated heterocycles. The van der Waals surface area contributed by atoms with Crippen LogP contribution >= 0.6 is 0 Å². The second-order valence-corrected chi connectivity index (χ2v) is 6.64. The van der Waals surface area contributed by atoms with Gasteiger partial charge in [-0.1, -0.05) is 18.1 Å². The SMILES string of the molecule is OC(CC1=CCCCC1)CC1CC2CCC1C2. The van der Waals surface area contributed by atoms with Gasteiger partial charge in [0.1, 0.15) is 0 Å². The summed E-state index contributed by atoms with van der Waals surface area (Å²) in [7, 11) is 0. The maximum absolute atomic E-state index is 10.2. The first-order chi connectivity index (χ1) is 8.31. The van der Waals surface area contributed by atoms with Crippen LogP contribution in [0.15, 0.2) is 11.6 Å². The smallest absolute Gasteiger partial charge is 0.0580 e. The Kier molecular flexibility index (Phi) is 3.56. The van der Waals surface area contributed by atoms with E-state index in [-0.39, 0.29) is 6.10 Å². The van der Waals surface area contributed by atoms with Crippen molar-refractivity contribution in [2.45, 2.75) is 70.3 Å². The van der Waals surface area contributed by atoms with Crippen LogP contribution in [0.5, 0.6) is 0 Å². The molecule has 1 N–H and O–H groups in total. The van der Waals surface area contributed by atoms with Crippen molar-refractivity contribution in [2.75, 3.05) is 0 Å². The average Bonchev–Trinajstić information content (AvgIpc) is 2.92. The molecule has 3 aliphatic rings. The molecule has 0 amide bonds. The minimum Gasteiger partial charge on any atom is -0.393 e. The van der Waals surface area contributed by atoms with Gasteiger partial charge < -0.3 is 5.11 Å². The molecule has 0 radical (unpaired) electrons. The zero-order valence-electron chi connectivity index (χ0n) is 10.9. The van der Waals surface area contributed by atoms with Gasteiger partial charge in [-0.3, -0.25) is 0 Å². The molecule has 2 saturated carbocycles. The van der Waals surface area contributed by atoms with Crippen LogP contribution in [0.2, 0.25) is 0 Å². The van der Waals surface area contributed by atoms with E-state index in [2.05, 4.69) is 6.08 Å². The molecule has 0 aromatic rings. The van der Waals surface area contributed by atoms with Gasteiger partial charge in [-0.25, -0.2) is 0 Å². The van der Waals surface area contributed by atoms with Gasteiger partial charge in [0.05, 0.1) is 6.10 Å². The summed E-state index contributed by atoms with van der Waals surface area (Å²) in [5.74, 6) is 2.84. The zero-order chi connectivity index (χ0) is 11.7. The predicted molar refractivity (Wildman–Crippen MR) is 70.7 cm³/mol. The van der Waals surface area contributed by atoms with Crippen LogP contribution in [0, 0.1) is 17.8 Å². The summed E-state index contributed by atoms with van der Waals surface area (Å²) in [5, 5.41) is 10.2. The Hall–Kier alpha value is -0.300. The van der Waals surface area contributed by atoms with Gasteiger partial charge in [0.15, 0.2) is 0 Å². The Morgan fingerprint density at radius 3 is 2.82 bits per heavy atom. The number of hydrogen-bond donors (Lipinski definition) is 1. The van der Waals surface area contributed by atoms with E-state index in [9.17, 15) is 5.11 Å². The molecule has 4 atom stereocenters. The molecule has 3 aliphatic carbocycles. The van der Waals surface area contributed by atoms with Gasteiger partial charge >= 0.3 is 0 Å². The number of fused-ring (bicyclic) bond motifs is 2. The first-order valence-corrected chi connectivity index (χ1v) is 7.67. The van der Waals surface area contributed by atoms with E-state index in [0.29, 0.717) is 0 Å². The summed E-state index contributed by atoms with van der Waals surface area (Å²) in [4.78, 5) is 0. The van der Waals surface area contributed by atoms with E-state index in [1.54, 1.807) is 0 Å². The molecule has 4 unspecified atom stereocenters. The second-order valence-electron chi connectivity index (χ2n) is 6.64. The third-order valence-corrected chi connectivity index (χ3v) is 5.34. The highest BCUT2D eigenvalue weighted by Crippen LogP contribution is 2.50. The summed E-state index contributed by atoms with van der Waals surface area (Å²) in [6.07, 6.45) is 15.4. The Balaban J connectivity index is 1.47. The number of hydrogen-bond acceptors (Lipinski definition) is 1. The van der Waals surface area contributed by atoms with Crippen molar-refractivity contribution in [3.05, 3.63) is 11.6 Å². The van der Waals surface area contributed by atoms with Crippen LogP contribution < -0.4 is 0 Å². The maximum Gasteiger partial charge on any atom is 0.0580 e. The Bertz CT molecular complexity index is 294. The van der Waals surface area contributed by atoms with Crippen molar-refractivity contribution in [2.24, 2.45) is 17.8 Å². The molecule has 3 rings (SSSR count). The molecule has 2 fully saturated rings. The Labute approximate surface area is 105 Å². The second kappa shape index (κ2) is 5.14.